The van der Waals surface area contributed by atoms with Crippen molar-refractivity contribution in [3.05, 3.63) is 18.2 Å². The molecule has 124 valence electrons. The summed E-state index contributed by atoms with van der Waals surface area (Å²) in [5.74, 6) is -0.536. The molecule has 1 aliphatic heterocycles. The van der Waals surface area contributed by atoms with E-state index < -0.39 is 6.36 Å². The number of rotatable bonds is 3. The molecule has 0 saturated carbocycles. The third-order valence-corrected chi connectivity index (χ3v) is 4.42. The summed E-state index contributed by atoms with van der Waals surface area (Å²) in [6.07, 6.45) is -2.98. The van der Waals surface area contributed by atoms with E-state index >= 15 is 0 Å². The predicted octanol–water partition coefficient (Wildman–Crippen LogP) is 3.13. The topological polar surface area (TPSA) is 63.2 Å². The first-order valence-corrected chi connectivity index (χ1v) is 7.90. The van der Waals surface area contributed by atoms with Crippen LogP contribution in [0.1, 0.15) is 12.8 Å². The molecule has 9 heteroatoms. The Kier molecular flexibility index (Phi) is 4.40. The molecule has 0 aliphatic carbocycles. The first-order valence-electron chi connectivity index (χ1n) is 7.09. The molecule has 1 aliphatic rings. The normalized spacial score (nSPS) is 18.8. The number of alkyl halides is 3. The third kappa shape index (κ3) is 4.11. The Morgan fingerprint density at radius 1 is 1.43 bits per heavy atom. The van der Waals surface area contributed by atoms with E-state index in [1.54, 1.807) is 0 Å². The van der Waals surface area contributed by atoms with E-state index in [1.165, 1.54) is 18.2 Å². The number of hydrogen-bond acceptors (Lipinski definition) is 5. The molecule has 1 aromatic heterocycles. The van der Waals surface area contributed by atoms with E-state index in [0.717, 1.165) is 30.7 Å². The summed E-state index contributed by atoms with van der Waals surface area (Å²) in [7, 11) is 0. The number of piperidine rings is 1. The Morgan fingerprint density at radius 2 is 2.26 bits per heavy atom. The van der Waals surface area contributed by atoms with Crippen molar-refractivity contribution in [2.45, 2.75) is 19.2 Å². The molecule has 2 N–H and O–H groups in total. The molecule has 5 nitrogen and oxygen atoms in total. The number of ether oxygens (including phenoxy) is 1. The lowest BCUT2D eigenvalue weighted by molar-refractivity contribution is -0.274. The van der Waals surface area contributed by atoms with Crippen molar-refractivity contribution in [1.82, 2.24) is 10.3 Å². The Bertz CT molecular complexity index is 711. The summed E-state index contributed by atoms with van der Waals surface area (Å²) >= 11 is 1.12. The fraction of sp³-hybridized carbons (Fsp3) is 0.429. The van der Waals surface area contributed by atoms with Gasteiger partial charge in [-0.3, -0.25) is 4.79 Å². The molecule has 1 unspecified atom stereocenters. The van der Waals surface area contributed by atoms with Crippen LogP contribution in [0.25, 0.3) is 10.2 Å². The van der Waals surface area contributed by atoms with Crippen molar-refractivity contribution in [3.63, 3.8) is 0 Å². The fourth-order valence-corrected chi connectivity index (χ4v) is 3.34. The maximum atomic E-state index is 12.2. The summed E-state index contributed by atoms with van der Waals surface area (Å²) in [5, 5.41) is 6.27. The van der Waals surface area contributed by atoms with Crippen molar-refractivity contribution < 1.29 is 22.7 Å². The lowest BCUT2D eigenvalue weighted by Gasteiger charge is -2.21. The van der Waals surface area contributed by atoms with E-state index in [0.29, 0.717) is 21.9 Å². The highest BCUT2D eigenvalue weighted by Crippen LogP contribution is 2.31. The lowest BCUT2D eigenvalue weighted by Crippen LogP contribution is -2.37. The van der Waals surface area contributed by atoms with Crippen LogP contribution in [0.15, 0.2) is 18.2 Å². The molecule has 1 amide bonds. The molecule has 23 heavy (non-hydrogen) atoms. The Hall–Kier alpha value is -1.87. The summed E-state index contributed by atoms with van der Waals surface area (Å²) in [6, 6.07) is 3.90. The number of carbonyl (C=O) groups excluding carboxylic acids is 1. The number of anilines is 1. The van der Waals surface area contributed by atoms with Crippen molar-refractivity contribution in [2.75, 3.05) is 18.4 Å². The van der Waals surface area contributed by atoms with Gasteiger partial charge in [0.25, 0.3) is 0 Å². The summed E-state index contributed by atoms with van der Waals surface area (Å²) in [5.41, 5.74) is 0.515. The number of hydrogen-bond donors (Lipinski definition) is 2. The molecule has 1 aromatic carbocycles. The average molecular weight is 345 g/mol. The Labute approximate surface area is 133 Å². The second-order valence-corrected chi connectivity index (χ2v) is 6.26. The lowest BCUT2D eigenvalue weighted by atomic mass is 9.99. The van der Waals surface area contributed by atoms with Crippen LogP contribution in [0, 0.1) is 5.92 Å². The highest BCUT2D eigenvalue weighted by molar-refractivity contribution is 7.22. The first-order chi connectivity index (χ1) is 10.9. The molecule has 1 fully saturated rings. The van der Waals surface area contributed by atoms with Crippen LogP contribution >= 0.6 is 11.3 Å². The van der Waals surface area contributed by atoms with Crippen molar-refractivity contribution in [2.24, 2.45) is 5.92 Å². The number of thiazole rings is 1. The van der Waals surface area contributed by atoms with Gasteiger partial charge in [-0.2, -0.15) is 0 Å². The standard InChI is InChI=1S/C14H14F3N3O2S/c15-14(16,17)22-9-3-4-10-11(6-9)23-13(19-10)20-12(21)8-2-1-5-18-7-8/h3-4,6,8,18H,1-2,5,7H2,(H,19,20,21). The van der Waals surface area contributed by atoms with E-state index in [-0.39, 0.29) is 17.6 Å². The minimum atomic E-state index is -4.73. The van der Waals surface area contributed by atoms with E-state index in [2.05, 4.69) is 20.4 Å². The number of benzene rings is 1. The van der Waals surface area contributed by atoms with Gasteiger partial charge in [-0.15, -0.1) is 13.2 Å². The summed E-state index contributed by atoms with van der Waals surface area (Å²) < 4.78 is 41.1. The average Bonchev–Trinajstić information content (AvgIpc) is 2.88. The molecule has 1 atom stereocenters. The zero-order valence-electron chi connectivity index (χ0n) is 11.9. The number of amides is 1. The van der Waals surface area contributed by atoms with Crippen LogP contribution in [0.2, 0.25) is 0 Å². The fourth-order valence-electron chi connectivity index (χ4n) is 2.44. The first kappa shape index (κ1) is 16.0. The van der Waals surface area contributed by atoms with Gasteiger partial charge in [0, 0.05) is 12.6 Å². The zero-order valence-corrected chi connectivity index (χ0v) is 12.8. The highest BCUT2D eigenvalue weighted by Gasteiger charge is 2.31. The largest absolute Gasteiger partial charge is 0.573 e. The zero-order chi connectivity index (χ0) is 16.4. The summed E-state index contributed by atoms with van der Waals surface area (Å²) in [4.78, 5) is 16.4. The molecular weight excluding hydrogens is 331 g/mol. The second-order valence-electron chi connectivity index (χ2n) is 5.23. The van der Waals surface area contributed by atoms with E-state index in [1.807, 2.05) is 0 Å². The number of fused-ring (bicyclic) bond motifs is 1. The van der Waals surface area contributed by atoms with E-state index in [9.17, 15) is 18.0 Å². The molecule has 0 bridgehead atoms. The Morgan fingerprint density at radius 3 is 2.96 bits per heavy atom. The monoisotopic (exact) mass is 345 g/mol. The van der Waals surface area contributed by atoms with Gasteiger partial charge < -0.3 is 15.4 Å². The molecular formula is C14H14F3N3O2S. The predicted molar refractivity (Wildman–Crippen MR) is 80.5 cm³/mol. The summed E-state index contributed by atoms with van der Waals surface area (Å²) in [6.45, 7) is 1.53. The van der Waals surface area contributed by atoms with Crippen LogP contribution < -0.4 is 15.4 Å². The number of nitrogens with zero attached hydrogens (tertiary/aromatic N) is 1. The van der Waals surface area contributed by atoms with Gasteiger partial charge in [0.2, 0.25) is 5.91 Å². The van der Waals surface area contributed by atoms with Gasteiger partial charge in [-0.1, -0.05) is 11.3 Å². The van der Waals surface area contributed by atoms with Crippen LogP contribution in [0.5, 0.6) is 5.75 Å². The highest BCUT2D eigenvalue weighted by atomic mass is 32.1. The SMILES string of the molecule is O=C(Nc1nc2ccc(OC(F)(F)F)cc2s1)C1CCCNC1. The van der Waals surface area contributed by atoms with Gasteiger partial charge in [-0.05, 0) is 31.5 Å². The van der Waals surface area contributed by atoms with Gasteiger partial charge in [0.05, 0.1) is 16.1 Å². The number of halogens is 3. The molecule has 3 rings (SSSR count). The second kappa shape index (κ2) is 6.32. The molecule has 2 aromatic rings. The molecule has 0 radical (unpaired) electrons. The quantitative estimate of drug-likeness (QED) is 0.897. The smallest absolute Gasteiger partial charge is 0.406 e. The molecule has 1 saturated heterocycles. The Balaban J connectivity index is 1.73. The van der Waals surface area contributed by atoms with Crippen molar-refractivity contribution >= 4 is 32.6 Å². The minimum Gasteiger partial charge on any atom is -0.406 e. The van der Waals surface area contributed by atoms with Crippen molar-refractivity contribution in [3.8, 4) is 5.75 Å². The minimum absolute atomic E-state index is 0.111. The van der Waals surface area contributed by atoms with Crippen molar-refractivity contribution in [1.29, 1.82) is 0 Å². The number of carbonyl (C=O) groups is 1. The van der Waals surface area contributed by atoms with Crippen LogP contribution in [-0.2, 0) is 4.79 Å². The van der Waals surface area contributed by atoms with Gasteiger partial charge in [-0.25, -0.2) is 4.98 Å². The maximum absolute atomic E-state index is 12.2. The van der Waals surface area contributed by atoms with Gasteiger partial charge >= 0.3 is 6.36 Å². The van der Waals surface area contributed by atoms with E-state index in [4.69, 9.17) is 0 Å². The molecule has 2 heterocycles. The van der Waals surface area contributed by atoms with Crippen LogP contribution in [0.3, 0.4) is 0 Å². The number of nitrogens with one attached hydrogen (secondary N) is 2. The third-order valence-electron chi connectivity index (χ3n) is 3.49. The van der Waals surface area contributed by atoms with Gasteiger partial charge in [0.1, 0.15) is 5.75 Å². The van der Waals surface area contributed by atoms with Crippen LogP contribution in [-0.4, -0.2) is 30.3 Å². The number of aromatic nitrogens is 1. The van der Waals surface area contributed by atoms with Gasteiger partial charge in [0.15, 0.2) is 5.13 Å². The molecule has 0 spiro atoms. The van der Waals surface area contributed by atoms with Crippen LogP contribution in [0.4, 0.5) is 18.3 Å². The maximum Gasteiger partial charge on any atom is 0.573 e.